The lowest BCUT2D eigenvalue weighted by molar-refractivity contribution is -0.118. The molecule has 0 saturated carbocycles. The lowest BCUT2D eigenvalue weighted by atomic mass is 10.1. The molecular formula is C16H17NO4. The Balaban J connectivity index is 2.44. The molecule has 1 N–H and O–H groups in total. The van der Waals surface area contributed by atoms with Gasteiger partial charge in [-0.05, 0) is 30.3 Å². The molecule has 21 heavy (non-hydrogen) atoms. The van der Waals surface area contributed by atoms with Gasteiger partial charge < -0.3 is 14.5 Å². The molecule has 1 aromatic heterocycles. The summed E-state index contributed by atoms with van der Waals surface area (Å²) in [7, 11) is 1.56. The third kappa shape index (κ3) is 3.31. The van der Waals surface area contributed by atoms with Crippen molar-refractivity contribution in [3.8, 4) is 17.1 Å². The number of aldehydes is 1. The molecule has 2 aromatic rings. The molecule has 0 atom stereocenters. The average Bonchev–Trinajstić information content (AvgIpc) is 2.96. The monoisotopic (exact) mass is 287 g/mol. The number of anilines is 1. The predicted octanol–water partition coefficient (Wildman–Crippen LogP) is 3.36. The van der Waals surface area contributed by atoms with E-state index in [0.717, 1.165) is 0 Å². The van der Waals surface area contributed by atoms with Gasteiger partial charge in [-0.1, -0.05) is 13.8 Å². The zero-order valence-corrected chi connectivity index (χ0v) is 12.2. The maximum Gasteiger partial charge on any atom is 0.226 e. The molecular weight excluding hydrogens is 270 g/mol. The van der Waals surface area contributed by atoms with E-state index in [1.165, 1.54) is 0 Å². The average molecular weight is 287 g/mol. The lowest BCUT2D eigenvalue weighted by Crippen LogP contribution is -2.18. The van der Waals surface area contributed by atoms with E-state index in [0.29, 0.717) is 29.0 Å². The fourth-order valence-electron chi connectivity index (χ4n) is 1.80. The molecule has 0 radical (unpaired) electrons. The maximum absolute atomic E-state index is 11.9. The molecule has 5 heteroatoms. The fraction of sp³-hybridized carbons (Fsp3) is 0.250. The maximum atomic E-state index is 11.9. The van der Waals surface area contributed by atoms with Crippen molar-refractivity contribution in [3.63, 3.8) is 0 Å². The Morgan fingerprint density at radius 2 is 2.05 bits per heavy atom. The van der Waals surface area contributed by atoms with E-state index in [1.54, 1.807) is 37.4 Å². The quantitative estimate of drug-likeness (QED) is 0.856. The van der Waals surface area contributed by atoms with Gasteiger partial charge in [0.05, 0.1) is 12.8 Å². The second kappa shape index (κ2) is 6.26. The van der Waals surface area contributed by atoms with E-state index in [9.17, 15) is 9.59 Å². The van der Waals surface area contributed by atoms with Crippen LogP contribution in [0.5, 0.6) is 5.75 Å². The number of carbonyl (C=O) groups is 2. The summed E-state index contributed by atoms with van der Waals surface area (Å²) in [5.41, 5.74) is 1.28. The first-order chi connectivity index (χ1) is 10.0. The highest BCUT2D eigenvalue weighted by Gasteiger charge is 2.15. The zero-order valence-electron chi connectivity index (χ0n) is 12.2. The van der Waals surface area contributed by atoms with Crippen LogP contribution in [-0.2, 0) is 4.79 Å². The van der Waals surface area contributed by atoms with E-state index in [1.807, 2.05) is 13.8 Å². The van der Waals surface area contributed by atoms with Crippen LogP contribution in [0.25, 0.3) is 11.3 Å². The molecule has 0 aliphatic carbocycles. The van der Waals surface area contributed by atoms with Crippen molar-refractivity contribution in [3.05, 3.63) is 36.1 Å². The van der Waals surface area contributed by atoms with Crippen LogP contribution < -0.4 is 10.1 Å². The molecule has 0 aliphatic heterocycles. The van der Waals surface area contributed by atoms with Crippen molar-refractivity contribution in [1.29, 1.82) is 0 Å². The first kappa shape index (κ1) is 14.8. The van der Waals surface area contributed by atoms with Gasteiger partial charge in [0.15, 0.2) is 12.0 Å². The van der Waals surface area contributed by atoms with Crippen molar-refractivity contribution in [1.82, 2.24) is 0 Å². The number of furan rings is 1. The summed E-state index contributed by atoms with van der Waals surface area (Å²) < 4.78 is 10.6. The van der Waals surface area contributed by atoms with Gasteiger partial charge >= 0.3 is 0 Å². The van der Waals surface area contributed by atoms with E-state index in [2.05, 4.69) is 5.32 Å². The molecule has 0 saturated heterocycles. The Kier molecular flexibility index (Phi) is 4.42. The molecule has 0 spiro atoms. The third-order valence-electron chi connectivity index (χ3n) is 3.02. The van der Waals surface area contributed by atoms with Crippen molar-refractivity contribution in [2.24, 2.45) is 5.92 Å². The number of benzene rings is 1. The number of methoxy groups -OCH3 is 1. The minimum Gasteiger partial charge on any atom is -0.497 e. The minimum atomic E-state index is -0.137. The van der Waals surface area contributed by atoms with Gasteiger partial charge in [-0.15, -0.1) is 0 Å². The highest BCUT2D eigenvalue weighted by Crippen LogP contribution is 2.33. The van der Waals surface area contributed by atoms with Crippen LogP contribution in [0.2, 0.25) is 0 Å². The fourth-order valence-corrected chi connectivity index (χ4v) is 1.80. The SMILES string of the molecule is COc1ccc(NC(=O)C(C)C)c(-c2ccc(C=O)o2)c1. The summed E-state index contributed by atoms with van der Waals surface area (Å²) in [6.07, 6.45) is 0.635. The third-order valence-corrected chi connectivity index (χ3v) is 3.02. The lowest BCUT2D eigenvalue weighted by Gasteiger charge is -2.12. The minimum absolute atomic E-state index is 0.0939. The van der Waals surface area contributed by atoms with E-state index >= 15 is 0 Å². The number of rotatable bonds is 5. The van der Waals surface area contributed by atoms with Gasteiger partial charge in [0, 0.05) is 11.5 Å². The zero-order chi connectivity index (χ0) is 15.4. The molecule has 0 unspecified atom stereocenters. The van der Waals surface area contributed by atoms with E-state index < -0.39 is 0 Å². The van der Waals surface area contributed by atoms with Crippen LogP contribution in [-0.4, -0.2) is 19.3 Å². The summed E-state index contributed by atoms with van der Waals surface area (Å²) in [5.74, 6) is 1.13. The Hall–Kier alpha value is -2.56. The molecule has 0 bridgehead atoms. The molecule has 110 valence electrons. The summed E-state index contributed by atoms with van der Waals surface area (Å²) in [5, 5.41) is 2.84. The molecule has 0 aliphatic rings. The summed E-state index contributed by atoms with van der Waals surface area (Å²) >= 11 is 0. The summed E-state index contributed by atoms with van der Waals surface area (Å²) in [6.45, 7) is 3.63. The smallest absolute Gasteiger partial charge is 0.226 e. The Labute approximate surface area is 122 Å². The number of hydrogen-bond donors (Lipinski definition) is 1. The van der Waals surface area contributed by atoms with Crippen LogP contribution >= 0.6 is 0 Å². The second-order valence-electron chi connectivity index (χ2n) is 4.88. The standard InChI is InChI=1S/C16H17NO4/c1-10(2)16(19)17-14-6-4-11(20-3)8-13(14)15-7-5-12(9-18)21-15/h4-10H,1-3H3,(H,17,19). The van der Waals surface area contributed by atoms with Crippen molar-refractivity contribution in [2.45, 2.75) is 13.8 Å². The Morgan fingerprint density at radius 3 is 2.62 bits per heavy atom. The topological polar surface area (TPSA) is 68.5 Å². The highest BCUT2D eigenvalue weighted by atomic mass is 16.5. The van der Waals surface area contributed by atoms with Crippen LogP contribution in [0.3, 0.4) is 0 Å². The predicted molar refractivity (Wildman–Crippen MR) is 79.6 cm³/mol. The molecule has 5 nitrogen and oxygen atoms in total. The van der Waals surface area contributed by atoms with Gasteiger partial charge in [0.1, 0.15) is 11.5 Å². The number of hydrogen-bond acceptors (Lipinski definition) is 4. The van der Waals surface area contributed by atoms with Crippen LogP contribution in [0.4, 0.5) is 5.69 Å². The van der Waals surface area contributed by atoms with Crippen molar-refractivity contribution in [2.75, 3.05) is 12.4 Å². The Bertz CT molecular complexity index is 658. The Morgan fingerprint density at radius 1 is 1.29 bits per heavy atom. The summed E-state index contributed by atoms with van der Waals surface area (Å²) in [6, 6.07) is 8.52. The van der Waals surface area contributed by atoms with Crippen LogP contribution in [0.1, 0.15) is 24.4 Å². The number of nitrogens with one attached hydrogen (secondary N) is 1. The van der Waals surface area contributed by atoms with Gasteiger partial charge in [-0.3, -0.25) is 9.59 Å². The van der Waals surface area contributed by atoms with Crippen molar-refractivity contribution < 1.29 is 18.7 Å². The normalized spacial score (nSPS) is 10.5. The van der Waals surface area contributed by atoms with Crippen LogP contribution in [0.15, 0.2) is 34.7 Å². The van der Waals surface area contributed by atoms with E-state index in [-0.39, 0.29) is 17.6 Å². The number of carbonyl (C=O) groups excluding carboxylic acids is 2. The highest BCUT2D eigenvalue weighted by molar-refractivity contribution is 5.96. The van der Waals surface area contributed by atoms with Gasteiger partial charge in [0.25, 0.3) is 0 Å². The summed E-state index contributed by atoms with van der Waals surface area (Å²) in [4.78, 5) is 22.6. The molecule has 1 heterocycles. The molecule has 1 amide bonds. The number of amides is 1. The molecule has 2 rings (SSSR count). The van der Waals surface area contributed by atoms with Gasteiger partial charge in [0.2, 0.25) is 5.91 Å². The molecule has 1 aromatic carbocycles. The van der Waals surface area contributed by atoms with Gasteiger partial charge in [-0.2, -0.15) is 0 Å². The van der Waals surface area contributed by atoms with Crippen molar-refractivity contribution >= 4 is 17.9 Å². The number of ether oxygens (including phenoxy) is 1. The van der Waals surface area contributed by atoms with Gasteiger partial charge in [-0.25, -0.2) is 0 Å². The molecule has 0 fully saturated rings. The first-order valence-electron chi connectivity index (χ1n) is 6.59. The van der Waals surface area contributed by atoms with Crippen LogP contribution in [0, 0.1) is 5.92 Å². The van der Waals surface area contributed by atoms with E-state index in [4.69, 9.17) is 9.15 Å². The largest absolute Gasteiger partial charge is 0.497 e. The first-order valence-corrected chi connectivity index (χ1v) is 6.59. The second-order valence-corrected chi connectivity index (χ2v) is 4.88.